The van der Waals surface area contributed by atoms with Gasteiger partial charge in [-0.3, -0.25) is 14.3 Å². The zero-order valence-electron chi connectivity index (χ0n) is 12.9. The Morgan fingerprint density at radius 1 is 1.48 bits per heavy atom. The Labute approximate surface area is 124 Å². The van der Waals surface area contributed by atoms with Crippen molar-refractivity contribution >= 4 is 11.9 Å². The number of rotatable bonds is 7. The van der Waals surface area contributed by atoms with Crippen molar-refractivity contribution in [3.05, 3.63) is 17.5 Å². The molecule has 1 amide bonds. The van der Waals surface area contributed by atoms with Gasteiger partial charge in [-0.25, -0.2) is 0 Å². The lowest BCUT2D eigenvalue weighted by atomic mass is 10.1. The summed E-state index contributed by atoms with van der Waals surface area (Å²) in [6.45, 7) is 6.07. The standard InChI is InChI=1S/C15H23N3O3/c1-4-10(3)18-14(11-6-7-11)12(8-16-18)15(21)17(5-2)9-13(19)20/h8,10-11H,4-7,9H2,1-3H3,(H,19,20). The first-order valence-electron chi connectivity index (χ1n) is 7.58. The Morgan fingerprint density at radius 2 is 2.14 bits per heavy atom. The van der Waals surface area contributed by atoms with E-state index in [-0.39, 0.29) is 18.5 Å². The molecule has 1 aromatic heterocycles. The van der Waals surface area contributed by atoms with Gasteiger partial charge in [0.2, 0.25) is 0 Å². The van der Waals surface area contributed by atoms with Gasteiger partial charge in [0.15, 0.2) is 0 Å². The van der Waals surface area contributed by atoms with E-state index in [1.54, 1.807) is 13.1 Å². The van der Waals surface area contributed by atoms with Crippen LogP contribution in [0.5, 0.6) is 0 Å². The van der Waals surface area contributed by atoms with Crippen LogP contribution in [0.1, 0.15) is 68.0 Å². The van der Waals surface area contributed by atoms with Gasteiger partial charge in [-0.05, 0) is 33.1 Å². The van der Waals surface area contributed by atoms with E-state index in [1.807, 2.05) is 4.68 Å². The van der Waals surface area contributed by atoms with E-state index < -0.39 is 5.97 Å². The van der Waals surface area contributed by atoms with Crippen LogP contribution in [0.15, 0.2) is 6.20 Å². The molecule has 6 heteroatoms. The highest BCUT2D eigenvalue weighted by Crippen LogP contribution is 2.43. The van der Waals surface area contributed by atoms with E-state index in [9.17, 15) is 9.59 Å². The molecule has 1 aliphatic rings. The fraction of sp³-hybridized carbons (Fsp3) is 0.667. The van der Waals surface area contributed by atoms with Gasteiger partial charge in [0.05, 0.1) is 17.5 Å². The van der Waals surface area contributed by atoms with Crippen molar-refractivity contribution in [2.75, 3.05) is 13.1 Å². The van der Waals surface area contributed by atoms with E-state index in [1.165, 1.54) is 4.90 Å². The number of likely N-dealkylation sites (N-methyl/N-ethyl adjacent to an activating group) is 1. The van der Waals surface area contributed by atoms with Crippen molar-refractivity contribution in [2.24, 2.45) is 0 Å². The molecule has 1 heterocycles. The molecule has 1 fully saturated rings. The second kappa shape index (κ2) is 6.28. The van der Waals surface area contributed by atoms with Gasteiger partial charge in [0.25, 0.3) is 5.91 Å². The number of carbonyl (C=O) groups excluding carboxylic acids is 1. The zero-order chi connectivity index (χ0) is 15.6. The number of hydrogen-bond donors (Lipinski definition) is 1. The minimum atomic E-state index is -0.993. The van der Waals surface area contributed by atoms with Crippen LogP contribution in [0.4, 0.5) is 0 Å². The van der Waals surface area contributed by atoms with E-state index in [2.05, 4.69) is 18.9 Å². The van der Waals surface area contributed by atoms with Crippen molar-refractivity contribution in [1.29, 1.82) is 0 Å². The molecule has 0 aliphatic heterocycles. The molecule has 0 radical (unpaired) electrons. The van der Waals surface area contributed by atoms with Crippen LogP contribution in [0, 0.1) is 0 Å². The smallest absolute Gasteiger partial charge is 0.323 e. The molecule has 1 atom stereocenters. The minimum absolute atomic E-state index is 0.226. The third kappa shape index (κ3) is 3.25. The van der Waals surface area contributed by atoms with Gasteiger partial charge in [-0.2, -0.15) is 5.10 Å². The molecular weight excluding hydrogens is 270 g/mol. The molecule has 1 aliphatic carbocycles. The van der Waals surface area contributed by atoms with Gasteiger partial charge in [0, 0.05) is 18.5 Å². The molecule has 1 saturated carbocycles. The van der Waals surface area contributed by atoms with Crippen LogP contribution in [-0.2, 0) is 4.79 Å². The average molecular weight is 293 g/mol. The number of carboxylic acid groups (broad SMARTS) is 1. The van der Waals surface area contributed by atoms with Crippen molar-refractivity contribution in [3.63, 3.8) is 0 Å². The van der Waals surface area contributed by atoms with Gasteiger partial charge >= 0.3 is 5.97 Å². The molecule has 1 aromatic rings. The van der Waals surface area contributed by atoms with Crippen LogP contribution in [0.25, 0.3) is 0 Å². The first-order chi connectivity index (χ1) is 9.99. The Morgan fingerprint density at radius 3 is 2.62 bits per heavy atom. The maximum atomic E-state index is 12.6. The quantitative estimate of drug-likeness (QED) is 0.837. The Kier molecular flexibility index (Phi) is 4.65. The minimum Gasteiger partial charge on any atom is -0.480 e. The summed E-state index contributed by atoms with van der Waals surface area (Å²) in [7, 11) is 0. The summed E-state index contributed by atoms with van der Waals surface area (Å²) in [4.78, 5) is 24.8. The van der Waals surface area contributed by atoms with Crippen molar-refractivity contribution in [3.8, 4) is 0 Å². The third-order valence-electron chi connectivity index (χ3n) is 4.03. The fourth-order valence-electron chi connectivity index (χ4n) is 2.49. The predicted molar refractivity (Wildman–Crippen MR) is 78.4 cm³/mol. The molecule has 2 rings (SSSR count). The summed E-state index contributed by atoms with van der Waals surface area (Å²) >= 11 is 0. The van der Waals surface area contributed by atoms with Gasteiger partial charge in [-0.15, -0.1) is 0 Å². The molecule has 116 valence electrons. The summed E-state index contributed by atoms with van der Waals surface area (Å²) in [5, 5.41) is 13.3. The molecular formula is C15H23N3O3. The summed E-state index contributed by atoms with van der Waals surface area (Å²) in [5.41, 5.74) is 1.55. The zero-order valence-corrected chi connectivity index (χ0v) is 12.9. The van der Waals surface area contributed by atoms with E-state index in [4.69, 9.17) is 5.11 Å². The second-order valence-electron chi connectivity index (χ2n) is 5.63. The number of carboxylic acids is 1. The number of nitrogens with zero attached hydrogens (tertiary/aromatic N) is 3. The van der Waals surface area contributed by atoms with Crippen molar-refractivity contribution in [2.45, 2.75) is 52.0 Å². The average Bonchev–Trinajstić information content (AvgIpc) is 3.21. The van der Waals surface area contributed by atoms with Gasteiger partial charge < -0.3 is 10.0 Å². The molecule has 1 N–H and O–H groups in total. The van der Waals surface area contributed by atoms with Crippen LogP contribution in [0.2, 0.25) is 0 Å². The number of aliphatic carboxylic acids is 1. The summed E-state index contributed by atoms with van der Waals surface area (Å²) in [5.74, 6) is -0.826. The second-order valence-corrected chi connectivity index (χ2v) is 5.63. The van der Waals surface area contributed by atoms with Crippen LogP contribution in [0.3, 0.4) is 0 Å². The lowest BCUT2D eigenvalue weighted by Crippen LogP contribution is -2.35. The summed E-state index contributed by atoms with van der Waals surface area (Å²) < 4.78 is 1.94. The normalized spacial score (nSPS) is 15.8. The van der Waals surface area contributed by atoms with Crippen molar-refractivity contribution < 1.29 is 14.7 Å². The summed E-state index contributed by atoms with van der Waals surface area (Å²) in [6.07, 6.45) is 4.70. The molecule has 0 saturated heterocycles. The highest BCUT2D eigenvalue weighted by atomic mass is 16.4. The monoisotopic (exact) mass is 293 g/mol. The van der Waals surface area contributed by atoms with E-state index >= 15 is 0 Å². The maximum Gasteiger partial charge on any atom is 0.323 e. The molecule has 0 spiro atoms. The molecule has 0 aromatic carbocycles. The number of amides is 1. The first-order valence-corrected chi connectivity index (χ1v) is 7.58. The highest BCUT2D eigenvalue weighted by molar-refractivity contribution is 5.97. The Bertz CT molecular complexity index is 534. The molecule has 0 bridgehead atoms. The number of aromatic nitrogens is 2. The Balaban J connectivity index is 2.32. The molecule has 21 heavy (non-hydrogen) atoms. The van der Waals surface area contributed by atoms with Crippen LogP contribution >= 0.6 is 0 Å². The third-order valence-corrected chi connectivity index (χ3v) is 4.03. The van der Waals surface area contributed by atoms with E-state index in [0.29, 0.717) is 18.0 Å². The lowest BCUT2D eigenvalue weighted by molar-refractivity contribution is -0.137. The summed E-state index contributed by atoms with van der Waals surface area (Å²) in [6, 6.07) is 0.247. The van der Waals surface area contributed by atoms with E-state index in [0.717, 1.165) is 25.0 Å². The largest absolute Gasteiger partial charge is 0.480 e. The molecule has 1 unspecified atom stereocenters. The number of hydrogen-bond acceptors (Lipinski definition) is 3. The van der Waals surface area contributed by atoms with Gasteiger partial charge in [0.1, 0.15) is 6.54 Å². The number of carbonyl (C=O) groups is 2. The SMILES string of the molecule is CCC(C)n1ncc(C(=O)N(CC)CC(=O)O)c1C1CC1. The van der Waals surface area contributed by atoms with Gasteiger partial charge in [-0.1, -0.05) is 6.92 Å². The highest BCUT2D eigenvalue weighted by Gasteiger charge is 2.34. The maximum absolute atomic E-state index is 12.6. The topological polar surface area (TPSA) is 75.4 Å². The van der Waals surface area contributed by atoms with Crippen LogP contribution in [-0.4, -0.2) is 44.8 Å². The van der Waals surface area contributed by atoms with Crippen LogP contribution < -0.4 is 0 Å². The lowest BCUT2D eigenvalue weighted by Gasteiger charge is -2.19. The van der Waals surface area contributed by atoms with Crippen molar-refractivity contribution in [1.82, 2.24) is 14.7 Å². The Hall–Kier alpha value is -1.85. The predicted octanol–water partition coefficient (Wildman–Crippen LogP) is 2.28. The fourth-order valence-corrected chi connectivity index (χ4v) is 2.49. The first kappa shape index (κ1) is 15.5. The molecule has 6 nitrogen and oxygen atoms in total.